The molecular formula is C14H25N3. The van der Waals surface area contributed by atoms with Crippen molar-refractivity contribution in [3.63, 3.8) is 0 Å². The van der Waals surface area contributed by atoms with Crippen molar-refractivity contribution in [1.82, 2.24) is 15.1 Å². The predicted octanol–water partition coefficient (Wildman–Crippen LogP) is 2.73. The number of rotatable bonds is 5. The Morgan fingerprint density at radius 2 is 2.12 bits per heavy atom. The Labute approximate surface area is 105 Å². The summed E-state index contributed by atoms with van der Waals surface area (Å²) in [5, 5.41) is 7.69. The number of nitrogens with one attached hydrogen (secondary N) is 1. The van der Waals surface area contributed by atoms with Crippen LogP contribution in [0, 0.1) is 11.8 Å². The van der Waals surface area contributed by atoms with Crippen LogP contribution in [0.25, 0.3) is 0 Å². The third kappa shape index (κ3) is 4.15. The molecule has 17 heavy (non-hydrogen) atoms. The second kappa shape index (κ2) is 6.20. The molecule has 1 aromatic heterocycles. The van der Waals surface area contributed by atoms with Crippen LogP contribution in [0.4, 0.5) is 0 Å². The molecule has 0 atom stereocenters. The molecule has 3 heteroatoms. The van der Waals surface area contributed by atoms with Crippen molar-refractivity contribution < 1.29 is 0 Å². The van der Waals surface area contributed by atoms with Crippen LogP contribution in [-0.4, -0.2) is 16.3 Å². The van der Waals surface area contributed by atoms with E-state index in [1.807, 2.05) is 17.9 Å². The van der Waals surface area contributed by atoms with E-state index in [1.165, 1.54) is 37.7 Å². The van der Waals surface area contributed by atoms with E-state index in [1.54, 1.807) is 0 Å². The van der Waals surface area contributed by atoms with E-state index in [2.05, 4.69) is 23.5 Å². The highest BCUT2D eigenvalue weighted by Crippen LogP contribution is 2.29. The minimum absolute atomic E-state index is 0.955. The number of hydrogen-bond acceptors (Lipinski definition) is 2. The summed E-state index contributed by atoms with van der Waals surface area (Å²) < 4.78 is 1.86. The Hall–Kier alpha value is -0.830. The number of nitrogens with zero attached hydrogens (tertiary/aromatic N) is 2. The third-order valence-electron chi connectivity index (χ3n) is 3.95. The molecule has 0 unspecified atom stereocenters. The monoisotopic (exact) mass is 235 g/mol. The van der Waals surface area contributed by atoms with Crippen LogP contribution in [0.2, 0.25) is 0 Å². The minimum Gasteiger partial charge on any atom is -0.313 e. The second-order valence-corrected chi connectivity index (χ2v) is 5.61. The maximum Gasteiger partial charge on any atom is 0.0534 e. The molecule has 1 heterocycles. The zero-order valence-electron chi connectivity index (χ0n) is 11.2. The molecule has 0 bridgehead atoms. The van der Waals surface area contributed by atoms with Crippen LogP contribution in [0.1, 0.15) is 44.6 Å². The van der Waals surface area contributed by atoms with Gasteiger partial charge in [0.1, 0.15) is 0 Å². The number of aromatic nitrogens is 2. The van der Waals surface area contributed by atoms with Crippen molar-refractivity contribution in [3.05, 3.63) is 18.0 Å². The molecule has 1 fully saturated rings. The summed E-state index contributed by atoms with van der Waals surface area (Å²) in [4.78, 5) is 0. The van der Waals surface area contributed by atoms with Crippen molar-refractivity contribution in [2.24, 2.45) is 18.9 Å². The molecule has 1 aromatic rings. The molecule has 1 saturated carbocycles. The number of aryl methyl sites for hydroxylation is 1. The summed E-state index contributed by atoms with van der Waals surface area (Å²) in [6.07, 6.45) is 11.1. The fourth-order valence-electron chi connectivity index (χ4n) is 2.72. The standard InChI is InChI=1S/C14H25N3/c1-12-3-5-13(6-4-12)7-8-15-9-14-10-16-17(2)11-14/h10-13,15H,3-9H2,1-2H3. The Morgan fingerprint density at radius 3 is 2.76 bits per heavy atom. The summed E-state index contributed by atoms with van der Waals surface area (Å²) >= 11 is 0. The average Bonchev–Trinajstić information content (AvgIpc) is 2.73. The first-order chi connectivity index (χ1) is 8.24. The van der Waals surface area contributed by atoms with Gasteiger partial charge in [0.2, 0.25) is 0 Å². The van der Waals surface area contributed by atoms with E-state index < -0.39 is 0 Å². The van der Waals surface area contributed by atoms with E-state index in [-0.39, 0.29) is 0 Å². The molecule has 96 valence electrons. The van der Waals surface area contributed by atoms with Gasteiger partial charge >= 0.3 is 0 Å². The van der Waals surface area contributed by atoms with Gasteiger partial charge < -0.3 is 5.32 Å². The Morgan fingerprint density at radius 1 is 1.35 bits per heavy atom. The van der Waals surface area contributed by atoms with Gasteiger partial charge in [-0.1, -0.05) is 32.6 Å². The Kier molecular flexibility index (Phi) is 4.60. The summed E-state index contributed by atoms with van der Waals surface area (Å²) in [6.45, 7) is 4.49. The second-order valence-electron chi connectivity index (χ2n) is 5.61. The quantitative estimate of drug-likeness (QED) is 0.795. The van der Waals surface area contributed by atoms with Crippen LogP contribution in [0.5, 0.6) is 0 Å². The van der Waals surface area contributed by atoms with Gasteiger partial charge in [-0.15, -0.1) is 0 Å². The van der Waals surface area contributed by atoms with Crippen molar-refractivity contribution in [1.29, 1.82) is 0 Å². The molecule has 2 rings (SSSR count). The lowest BCUT2D eigenvalue weighted by Crippen LogP contribution is -2.20. The van der Waals surface area contributed by atoms with Gasteiger partial charge in [0, 0.05) is 25.4 Å². The van der Waals surface area contributed by atoms with E-state index in [4.69, 9.17) is 0 Å². The van der Waals surface area contributed by atoms with Crippen molar-refractivity contribution in [3.8, 4) is 0 Å². The molecule has 1 N–H and O–H groups in total. The van der Waals surface area contributed by atoms with Crippen LogP contribution < -0.4 is 5.32 Å². The van der Waals surface area contributed by atoms with E-state index in [0.29, 0.717) is 0 Å². The minimum atomic E-state index is 0.955. The summed E-state index contributed by atoms with van der Waals surface area (Å²) in [5.74, 6) is 1.93. The highest BCUT2D eigenvalue weighted by molar-refractivity contribution is 5.02. The summed E-state index contributed by atoms with van der Waals surface area (Å²) in [5.41, 5.74) is 1.28. The average molecular weight is 235 g/mol. The molecule has 1 aliphatic rings. The van der Waals surface area contributed by atoms with E-state index >= 15 is 0 Å². The zero-order valence-corrected chi connectivity index (χ0v) is 11.2. The largest absolute Gasteiger partial charge is 0.313 e. The fraction of sp³-hybridized carbons (Fsp3) is 0.786. The zero-order chi connectivity index (χ0) is 12.1. The van der Waals surface area contributed by atoms with Crippen LogP contribution in [0.15, 0.2) is 12.4 Å². The smallest absolute Gasteiger partial charge is 0.0534 e. The molecule has 1 aliphatic carbocycles. The molecule has 3 nitrogen and oxygen atoms in total. The molecule has 0 amide bonds. The third-order valence-corrected chi connectivity index (χ3v) is 3.95. The first-order valence-electron chi connectivity index (χ1n) is 6.92. The fourth-order valence-corrected chi connectivity index (χ4v) is 2.72. The van der Waals surface area contributed by atoms with Gasteiger partial charge in [-0.25, -0.2) is 0 Å². The van der Waals surface area contributed by atoms with Gasteiger partial charge in [-0.2, -0.15) is 5.10 Å². The van der Waals surface area contributed by atoms with Crippen LogP contribution in [-0.2, 0) is 13.6 Å². The van der Waals surface area contributed by atoms with Gasteiger partial charge in [-0.3, -0.25) is 4.68 Å². The summed E-state index contributed by atoms with van der Waals surface area (Å²) in [7, 11) is 1.96. The molecule has 0 spiro atoms. The van der Waals surface area contributed by atoms with Gasteiger partial charge in [-0.05, 0) is 24.8 Å². The van der Waals surface area contributed by atoms with Crippen LogP contribution in [0.3, 0.4) is 0 Å². The lowest BCUT2D eigenvalue weighted by atomic mass is 9.81. The topological polar surface area (TPSA) is 29.9 Å². The van der Waals surface area contributed by atoms with Crippen molar-refractivity contribution >= 4 is 0 Å². The summed E-state index contributed by atoms with van der Waals surface area (Å²) in [6, 6.07) is 0. The SMILES string of the molecule is CC1CCC(CCNCc2cnn(C)c2)CC1. The Balaban J connectivity index is 1.57. The molecule has 0 saturated heterocycles. The molecular weight excluding hydrogens is 210 g/mol. The normalized spacial score (nSPS) is 25.1. The maximum absolute atomic E-state index is 4.17. The first kappa shape index (κ1) is 12.6. The maximum atomic E-state index is 4.17. The molecule has 0 radical (unpaired) electrons. The van der Waals surface area contributed by atoms with Gasteiger partial charge in [0.15, 0.2) is 0 Å². The van der Waals surface area contributed by atoms with E-state index in [9.17, 15) is 0 Å². The highest BCUT2D eigenvalue weighted by Gasteiger charge is 2.17. The van der Waals surface area contributed by atoms with Crippen molar-refractivity contribution in [2.75, 3.05) is 6.54 Å². The van der Waals surface area contributed by atoms with Crippen molar-refractivity contribution in [2.45, 2.75) is 45.6 Å². The lowest BCUT2D eigenvalue weighted by molar-refractivity contribution is 0.275. The highest BCUT2D eigenvalue weighted by atomic mass is 15.2. The van der Waals surface area contributed by atoms with Gasteiger partial charge in [0.25, 0.3) is 0 Å². The molecule has 0 aliphatic heterocycles. The Bertz CT molecular complexity index is 324. The van der Waals surface area contributed by atoms with E-state index in [0.717, 1.165) is 24.9 Å². The van der Waals surface area contributed by atoms with Crippen LogP contribution >= 0.6 is 0 Å². The van der Waals surface area contributed by atoms with Gasteiger partial charge in [0.05, 0.1) is 6.20 Å². The molecule has 0 aromatic carbocycles. The lowest BCUT2D eigenvalue weighted by Gasteiger charge is -2.26. The first-order valence-corrected chi connectivity index (χ1v) is 6.92. The predicted molar refractivity (Wildman–Crippen MR) is 70.7 cm³/mol. The number of hydrogen-bond donors (Lipinski definition) is 1.